The monoisotopic (exact) mass is 221 g/mol. The van der Waals surface area contributed by atoms with Crippen LogP contribution < -0.4 is 0 Å². The summed E-state index contributed by atoms with van der Waals surface area (Å²) >= 11 is 0. The molecule has 0 radical (unpaired) electrons. The molecule has 1 aromatic carbocycles. The molecule has 2 rings (SSSR count). The fourth-order valence-corrected chi connectivity index (χ4v) is 1.31. The van der Waals surface area contributed by atoms with Gasteiger partial charge < -0.3 is 5.11 Å². The molecule has 82 valence electrons. The molecule has 6 heteroatoms. The van der Waals surface area contributed by atoms with E-state index in [1.54, 1.807) is 18.2 Å². The lowest BCUT2D eigenvalue weighted by Gasteiger charge is -1.96. The Morgan fingerprint density at radius 3 is 2.88 bits per heavy atom. The quantitative estimate of drug-likeness (QED) is 0.844. The van der Waals surface area contributed by atoms with Crippen molar-refractivity contribution in [2.45, 2.75) is 6.54 Å². The summed E-state index contributed by atoms with van der Waals surface area (Å²) in [5.74, 6) is -1.44. The van der Waals surface area contributed by atoms with Gasteiger partial charge in [0.05, 0.1) is 6.20 Å². The molecule has 0 saturated heterocycles. The first kappa shape index (κ1) is 10.3. The molecule has 5 nitrogen and oxygen atoms in total. The van der Waals surface area contributed by atoms with Gasteiger partial charge in [0.15, 0.2) is 0 Å². The van der Waals surface area contributed by atoms with Crippen molar-refractivity contribution in [1.82, 2.24) is 15.0 Å². The second-order valence-corrected chi connectivity index (χ2v) is 3.17. The van der Waals surface area contributed by atoms with E-state index in [0.717, 1.165) is 4.68 Å². The predicted octanol–water partition coefficient (Wildman–Crippen LogP) is 1.17. The number of aliphatic carboxylic acids is 1. The van der Waals surface area contributed by atoms with Crippen LogP contribution in [0.4, 0.5) is 4.39 Å². The summed E-state index contributed by atoms with van der Waals surface area (Å²) in [6.07, 6.45) is 1.40. The van der Waals surface area contributed by atoms with Gasteiger partial charge in [0.2, 0.25) is 0 Å². The fourth-order valence-electron chi connectivity index (χ4n) is 1.31. The zero-order chi connectivity index (χ0) is 11.5. The van der Waals surface area contributed by atoms with Crippen LogP contribution in [0.3, 0.4) is 0 Å². The van der Waals surface area contributed by atoms with Gasteiger partial charge in [-0.15, -0.1) is 5.10 Å². The SMILES string of the molecule is O=C(O)Cn1cc(-c2ccccc2F)nn1. The van der Waals surface area contributed by atoms with E-state index in [2.05, 4.69) is 10.3 Å². The highest BCUT2D eigenvalue weighted by Gasteiger charge is 2.09. The van der Waals surface area contributed by atoms with Crippen molar-refractivity contribution in [3.63, 3.8) is 0 Å². The Kier molecular flexibility index (Phi) is 2.63. The summed E-state index contributed by atoms with van der Waals surface area (Å²) in [6.45, 7) is -0.290. The Bertz CT molecular complexity index is 524. The molecule has 0 atom stereocenters. The fraction of sp³-hybridized carbons (Fsp3) is 0.100. The van der Waals surface area contributed by atoms with Crippen molar-refractivity contribution in [2.75, 3.05) is 0 Å². The van der Waals surface area contributed by atoms with E-state index >= 15 is 0 Å². The summed E-state index contributed by atoms with van der Waals surface area (Å²) < 4.78 is 14.5. The molecular formula is C10H8FN3O2. The normalized spacial score (nSPS) is 10.3. The third kappa shape index (κ3) is 2.05. The molecule has 2 aromatic rings. The van der Waals surface area contributed by atoms with Gasteiger partial charge in [0, 0.05) is 5.56 Å². The molecule has 0 unspecified atom stereocenters. The number of carbonyl (C=O) groups is 1. The number of rotatable bonds is 3. The second kappa shape index (κ2) is 4.09. The van der Waals surface area contributed by atoms with Crippen LogP contribution in [0.15, 0.2) is 30.5 Å². The smallest absolute Gasteiger partial charge is 0.325 e. The highest BCUT2D eigenvalue weighted by molar-refractivity contribution is 5.66. The minimum atomic E-state index is -1.02. The molecular weight excluding hydrogens is 213 g/mol. The highest BCUT2D eigenvalue weighted by Crippen LogP contribution is 2.19. The molecule has 0 fully saturated rings. The summed E-state index contributed by atoms with van der Waals surface area (Å²) in [7, 11) is 0. The maximum absolute atomic E-state index is 13.4. The molecule has 0 aliphatic carbocycles. The lowest BCUT2D eigenvalue weighted by Crippen LogP contribution is -2.08. The first-order chi connectivity index (χ1) is 7.66. The van der Waals surface area contributed by atoms with Crippen LogP contribution in [-0.4, -0.2) is 26.1 Å². The Morgan fingerprint density at radius 2 is 2.19 bits per heavy atom. The lowest BCUT2D eigenvalue weighted by atomic mass is 10.1. The largest absolute Gasteiger partial charge is 0.480 e. The van der Waals surface area contributed by atoms with Gasteiger partial charge in [-0.05, 0) is 12.1 Å². The molecule has 0 saturated carbocycles. The van der Waals surface area contributed by atoms with Crippen LogP contribution in [0.25, 0.3) is 11.3 Å². The number of halogens is 1. The number of nitrogens with zero attached hydrogens (tertiary/aromatic N) is 3. The maximum Gasteiger partial charge on any atom is 0.325 e. The molecule has 0 aliphatic rings. The Hall–Kier alpha value is -2.24. The number of hydrogen-bond donors (Lipinski definition) is 1. The van der Waals surface area contributed by atoms with Gasteiger partial charge in [-0.2, -0.15) is 0 Å². The average Bonchev–Trinajstić information content (AvgIpc) is 2.66. The number of carboxylic acids is 1. The van der Waals surface area contributed by atoms with Crippen molar-refractivity contribution in [3.8, 4) is 11.3 Å². The van der Waals surface area contributed by atoms with Crippen LogP contribution in [0, 0.1) is 5.82 Å². The van der Waals surface area contributed by atoms with E-state index in [0.29, 0.717) is 11.3 Å². The van der Waals surface area contributed by atoms with Gasteiger partial charge in [-0.1, -0.05) is 17.3 Å². The van der Waals surface area contributed by atoms with Crippen LogP contribution in [0.1, 0.15) is 0 Å². The summed E-state index contributed by atoms with van der Waals surface area (Å²) in [5.41, 5.74) is 0.624. The van der Waals surface area contributed by atoms with Gasteiger partial charge in [0.1, 0.15) is 18.1 Å². The van der Waals surface area contributed by atoms with Gasteiger partial charge in [-0.3, -0.25) is 4.79 Å². The van der Waals surface area contributed by atoms with Crippen LogP contribution in [0.2, 0.25) is 0 Å². The standard InChI is InChI=1S/C10H8FN3O2/c11-8-4-2-1-3-7(8)9-5-14(13-12-9)6-10(15)16/h1-5H,6H2,(H,15,16). The average molecular weight is 221 g/mol. The second-order valence-electron chi connectivity index (χ2n) is 3.17. The van der Waals surface area contributed by atoms with Crippen molar-refractivity contribution >= 4 is 5.97 Å². The molecule has 0 spiro atoms. The maximum atomic E-state index is 13.4. The van der Waals surface area contributed by atoms with Crippen LogP contribution >= 0.6 is 0 Å². The molecule has 0 aliphatic heterocycles. The predicted molar refractivity (Wildman–Crippen MR) is 53.1 cm³/mol. The summed E-state index contributed by atoms with van der Waals surface area (Å²) in [5, 5.41) is 15.8. The van der Waals surface area contributed by atoms with Crippen LogP contribution in [-0.2, 0) is 11.3 Å². The molecule has 1 heterocycles. The van der Waals surface area contributed by atoms with E-state index in [9.17, 15) is 9.18 Å². The third-order valence-electron chi connectivity index (χ3n) is 1.99. The zero-order valence-electron chi connectivity index (χ0n) is 8.17. The zero-order valence-corrected chi connectivity index (χ0v) is 8.17. The van der Waals surface area contributed by atoms with Crippen molar-refractivity contribution in [3.05, 3.63) is 36.3 Å². The number of aromatic nitrogens is 3. The molecule has 1 N–H and O–H groups in total. The Morgan fingerprint density at radius 1 is 1.44 bits per heavy atom. The topological polar surface area (TPSA) is 68.0 Å². The van der Waals surface area contributed by atoms with Crippen molar-refractivity contribution in [1.29, 1.82) is 0 Å². The van der Waals surface area contributed by atoms with Gasteiger partial charge in [0.25, 0.3) is 0 Å². The molecule has 1 aromatic heterocycles. The van der Waals surface area contributed by atoms with E-state index in [4.69, 9.17) is 5.11 Å². The minimum Gasteiger partial charge on any atom is -0.480 e. The molecule has 0 amide bonds. The lowest BCUT2D eigenvalue weighted by molar-refractivity contribution is -0.137. The minimum absolute atomic E-state index is 0.290. The molecule has 16 heavy (non-hydrogen) atoms. The highest BCUT2D eigenvalue weighted by atomic mass is 19.1. The van der Waals surface area contributed by atoms with E-state index in [1.807, 2.05) is 0 Å². The summed E-state index contributed by atoms with van der Waals surface area (Å²) in [4.78, 5) is 10.4. The van der Waals surface area contributed by atoms with Gasteiger partial charge in [-0.25, -0.2) is 9.07 Å². The van der Waals surface area contributed by atoms with E-state index in [-0.39, 0.29) is 6.54 Å². The molecule has 0 bridgehead atoms. The first-order valence-corrected chi connectivity index (χ1v) is 4.53. The van der Waals surface area contributed by atoms with Gasteiger partial charge >= 0.3 is 5.97 Å². The first-order valence-electron chi connectivity index (χ1n) is 4.53. The third-order valence-corrected chi connectivity index (χ3v) is 1.99. The van der Waals surface area contributed by atoms with Crippen molar-refractivity contribution in [2.24, 2.45) is 0 Å². The number of benzene rings is 1. The van der Waals surface area contributed by atoms with E-state index in [1.165, 1.54) is 12.3 Å². The summed E-state index contributed by atoms with van der Waals surface area (Å²) in [6, 6.07) is 6.12. The van der Waals surface area contributed by atoms with E-state index < -0.39 is 11.8 Å². The Labute approximate surface area is 90.1 Å². The van der Waals surface area contributed by atoms with Crippen molar-refractivity contribution < 1.29 is 14.3 Å². The number of hydrogen-bond acceptors (Lipinski definition) is 3. The number of carboxylic acid groups (broad SMARTS) is 1. The Balaban J connectivity index is 2.32. The van der Waals surface area contributed by atoms with Crippen LogP contribution in [0.5, 0.6) is 0 Å².